The van der Waals surface area contributed by atoms with E-state index in [1.54, 1.807) is 0 Å². The Morgan fingerprint density at radius 3 is 2.12 bits per heavy atom. The molecule has 0 bridgehead atoms. The van der Waals surface area contributed by atoms with Crippen molar-refractivity contribution < 1.29 is 0 Å². The molecule has 0 aromatic heterocycles. The third-order valence-corrected chi connectivity index (χ3v) is 3.74. The Balaban J connectivity index is 1.95. The average molecular weight is 232 g/mol. The summed E-state index contributed by atoms with van der Waals surface area (Å²) >= 11 is 0. The molecular formula is C15H24N2. The van der Waals surface area contributed by atoms with Gasteiger partial charge in [-0.1, -0.05) is 45.2 Å². The summed E-state index contributed by atoms with van der Waals surface area (Å²) in [5.41, 5.74) is 2.60. The fourth-order valence-corrected chi connectivity index (χ4v) is 2.58. The summed E-state index contributed by atoms with van der Waals surface area (Å²) in [4.78, 5) is 0. The number of rotatable bonds is 6. The van der Waals surface area contributed by atoms with E-state index < -0.39 is 0 Å². The number of fused-ring (bicyclic) bond motifs is 1. The van der Waals surface area contributed by atoms with E-state index in [0.717, 1.165) is 6.42 Å². The first-order chi connectivity index (χ1) is 8.29. The molecule has 1 aromatic carbocycles. The van der Waals surface area contributed by atoms with Crippen LogP contribution in [0.4, 0.5) is 11.4 Å². The highest BCUT2D eigenvalue weighted by molar-refractivity contribution is 5.75. The minimum Gasteiger partial charge on any atom is -0.361 e. The van der Waals surface area contributed by atoms with E-state index in [2.05, 4.69) is 48.7 Å². The summed E-state index contributed by atoms with van der Waals surface area (Å²) in [6.07, 6.45) is 7.63. The lowest BCUT2D eigenvalue weighted by molar-refractivity contribution is 0.452. The molecule has 2 N–H and O–H groups in total. The molecule has 0 radical (unpaired) electrons. The number of unbranched alkanes of at least 4 members (excludes halogenated alkanes) is 3. The summed E-state index contributed by atoms with van der Waals surface area (Å²) in [6.45, 7) is 4.52. The minimum absolute atomic E-state index is 0.0947. The van der Waals surface area contributed by atoms with Gasteiger partial charge < -0.3 is 10.6 Å². The Labute approximate surface area is 105 Å². The number of nitrogens with one attached hydrogen (secondary N) is 2. The Morgan fingerprint density at radius 1 is 0.941 bits per heavy atom. The molecule has 0 atom stereocenters. The molecule has 17 heavy (non-hydrogen) atoms. The van der Waals surface area contributed by atoms with Gasteiger partial charge in [-0.2, -0.15) is 0 Å². The van der Waals surface area contributed by atoms with Crippen LogP contribution in [0.15, 0.2) is 24.3 Å². The molecule has 0 saturated heterocycles. The SMILES string of the molecule is CCCCCCC1(CC)Nc2ccccc2N1. The molecule has 1 heterocycles. The van der Waals surface area contributed by atoms with Crippen LogP contribution in [0.3, 0.4) is 0 Å². The summed E-state index contributed by atoms with van der Waals surface area (Å²) in [5, 5.41) is 7.33. The Kier molecular flexibility index (Phi) is 3.93. The summed E-state index contributed by atoms with van der Waals surface area (Å²) in [7, 11) is 0. The molecule has 1 aromatic rings. The van der Waals surface area contributed by atoms with Crippen LogP contribution in [0, 0.1) is 0 Å². The highest BCUT2D eigenvalue weighted by Crippen LogP contribution is 2.37. The van der Waals surface area contributed by atoms with Crippen molar-refractivity contribution >= 4 is 11.4 Å². The second-order valence-electron chi connectivity index (χ2n) is 5.04. The van der Waals surface area contributed by atoms with Crippen molar-refractivity contribution in [3.63, 3.8) is 0 Å². The normalized spacial score (nSPS) is 16.1. The number of benzene rings is 1. The van der Waals surface area contributed by atoms with Crippen molar-refractivity contribution in [2.45, 2.75) is 58.0 Å². The van der Waals surface area contributed by atoms with Gasteiger partial charge in [-0.25, -0.2) is 0 Å². The molecule has 0 amide bonds. The van der Waals surface area contributed by atoms with Crippen LogP contribution in [0.5, 0.6) is 0 Å². The summed E-state index contributed by atoms with van der Waals surface area (Å²) in [6, 6.07) is 8.50. The van der Waals surface area contributed by atoms with E-state index in [-0.39, 0.29) is 5.66 Å². The molecular weight excluding hydrogens is 208 g/mol. The zero-order valence-electron chi connectivity index (χ0n) is 11.1. The van der Waals surface area contributed by atoms with E-state index in [4.69, 9.17) is 0 Å². The zero-order chi connectivity index (χ0) is 12.1. The monoisotopic (exact) mass is 232 g/mol. The molecule has 94 valence electrons. The van der Waals surface area contributed by atoms with Crippen molar-refractivity contribution in [1.29, 1.82) is 0 Å². The van der Waals surface area contributed by atoms with Gasteiger partial charge in [-0.3, -0.25) is 0 Å². The highest BCUT2D eigenvalue weighted by Gasteiger charge is 2.33. The third kappa shape index (κ3) is 2.74. The lowest BCUT2D eigenvalue weighted by Gasteiger charge is -2.30. The third-order valence-electron chi connectivity index (χ3n) is 3.74. The van der Waals surface area contributed by atoms with Crippen LogP contribution >= 0.6 is 0 Å². The number of para-hydroxylation sites is 2. The quantitative estimate of drug-likeness (QED) is 0.700. The molecule has 2 rings (SSSR count). The van der Waals surface area contributed by atoms with Crippen molar-refractivity contribution in [3.8, 4) is 0 Å². The Hall–Kier alpha value is -1.18. The van der Waals surface area contributed by atoms with E-state index >= 15 is 0 Å². The summed E-state index contributed by atoms with van der Waals surface area (Å²) < 4.78 is 0. The van der Waals surface area contributed by atoms with Crippen molar-refractivity contribution in [1.82, 2.24) is 0 Å². The van der Waals surface area contributed by atoms with Crippen LogP contribution in [-0.4, -0.2) is 5.66 Å². The van der Waals surface area contributed by atoms with Gasteiger partial charge in [0.1, 0.15) is 5.66 Å². The highest BCUT2D eigenvalue weighted by atomic mass is 15.3. The predicted octanol–water partition coefficient (Wildman–Crippen LogP) is 4.60. The van der Waals surface area contributed by atoms with Crippen molar-refractivity contribution in [2.75, 3.05) is 10.6 Å². The molecule has 0 spiro atoms. The molecule has 0 unspecified atom stereocenters. The maximum atomic E-state index is 3.66. The Morgan fingerprint density at radius 2 is 1.59 bits per heavy atom. The van der Waals surface area contributed by atoms with Crippen LogP contribution in [-0.2, 0) is 0 Å². The predicted molar refractivity (Wildman–Crippen MR) is 75.5 cm³/mol. The first kappa shape index (κ1) is 12.3. The van der Waals surface area contributed by atoms with Crippen LogP contribution < -0.4 is 10.6 Å². The van der Waals surface area contributed by atoms with E-state index in [9.17, 15) is 0 Å². The second-order valence-corrected chi connectivity index (χ2v) is 5.04. The number of hydrogen-bond acceptors (Lipinski definition) is 2. The second kappa shape index (κ2) is 5.44. The molecule has 1 aliphatic rings. The van der Waals surface area contributed by atoms with Crippen LogP contribution in [0.1, 0.15) is 52.4 Å². The van der Waals surface area contributed by atoms with Gasteiger partial charge >= 0.3 is 0 Å². The standard InChI is InChI=1S/C15H24N2/c1-3-5-6-9-12-15(4-2)16-13-10-7-8-11-14(13)17-15/h7-8,10-11,16-17H,3-6,9,12H2,1-2H3. The van der Waals surface area contributed by atoms with Crippen molar-refractivity contribution in [3.05, 3.63) is 24.3 Å². The van der Waals surface area contributed by atoms with Crippen molar-refractivity contribution in [2.24, 2.45) is 0 Å². The Bertz CT molecular complexity index is 335. The maximum absolute atomic E-state index is 3.66. The van der Waals surface area contributed by atoms with Crippen LogP contribution in [0.25, 0.3) is 0 Å². The molecule has 0 fully saturated rings. The minimum atomic E-state index is 0.0947. The number of anilines is 2. The van der Waals surface area contributed by atoms with Gasteiger partial charge in [0.05, 0.1) is 11.4 Å². The number of hydrogen-bond donors (Lipinski definition) is 2. The van der Waals surface area contributed by atoms with Crippen LogP contribution in [0.2, 0.25) is 0 Å². The molecule has 1 aliphatic heterocycles. The van der Waals surface area contributed by atoms with E-state index in [1.807, 2.05) is 0 Å². The van der Waals surface area contributed by atoms with E-state index in [0.29, 0.717) is 0 Å². The first-order valence-corrected chi connectivity index (χ1v) is 6.95. The van der Waals surface area contributed by atoms with Gasteiger partial charge in [0, 0.05) is 0 Å². The fourth-order valence-electron chi connectivity index (χ4n) is 2.58. The molecule has 0 aliphatic carbocycles. The van der Waals surface area contributed by atoms with Gasteiger partial charge in [-0.05, 0) is 31.4 Å². The van der Waals surface area contributed by atoms with E-state index in [1.165, 1.54) is 43.5 Å². The van der Waals surface area contributed by atoms with Gasteiger partial charge in [0.2, 0.25) is 0 Å². The largest absolute Gasteiger partial charge is 0.361 e. The average Bonchev–Trinajstić information content (AvgIpc) is 2.74. The lowest BCUT2D eigenvalue weighted by Crippen LogP contribution is -2.41. The lowest BCUT2D eigenvalue weighted by atomic mass is 9.99. The van der Waals surface area contributed by atoms with Gasteiger partial charge in [-0.15, -0.1) is 0 Å². The first-order valence-electron chi connectivity index (χ1n) is 6.95. The van der Waals surface area contributed by atoms with Gasteiger partial charge in [0.25, 0.3) is 0 Å². The smallest absolute Gasteiger partial charge is 0.107 e. The molecule has 2 nitrogen and oxygen atoms in total. The summed E-state index contributed by atoms with van der Waals surface area (Å²) in [5.74, 6) is 0. The topological polar surface area (TPSA) is 24.1 Å². The maximum Gasteiger partial charge on any atom is 0.107 e. The molecule has 2 heteroatoms. The molecule has 0 saturated carbocycles. The zero-order valence-corrected chi connectivity index (χ0v) is 11.1. The fraction of sp³-hybridized carbons (Fsp3) is 0.600. The van der Waals surface area contributed by atoms with Gasteiger partial charge in [0.15, 0.2) is 0 Å².